The number of aromatic nitrogens is 2. The maximum atomic E-state index is 12.7. The summed E-state index contributed by atoms with van der Waals surface area (Å²) in [6.45, 7) is 3.61. The van der Waals surface area contributed by atoms with Gasteiger partial charge in [0, 0.05) is 24.7 Å². The van der Waals surface area contributed by atoms with Crippen molar-refractivity contribution in [2.45, 2.75) is 10.9 Å². The third-order valence-electron chi connectivity index (χ3n) is 4.08. The van der Waals surface area contributed by atoms with Crippen molar-refractivity contribution in [3.05, 3.63) is 72.6 Å². The third-order valence-corrected chi connectivity index (χ3v) is 6.35. The van der Waals surface area contributed by atoms with Gasteiger partial charge >= 0.3 is 0 Å². The average molecular weight is 449 g/mol. The summed E-state index contributed by atoms with van der Waals surface area (Å²) in [5.74, 6) is -0.792. The summed E-state index contributed by atoms with van der Waals surface area (Å²) in [7, 11) is -7.13. The molecule has 0 aliphatic rings. The number of sulfonamides is 1. The van der Waals surface area contributed by atoms with Crippen LogP contribution in [-0.2, 0) is 25.6 Å². The molecule has 0 atom stereocenters. The lowest BCUT2D eigenvalue weighted by Gasteiger charge is -2.07. The highest BCUT2D eigenvalue weighted by Gasteiger charge is 2.22. The maximum Gasteiger partial charge on any atom is 0.276 e. The predicted octanol–water partition coefficient (Wildman–Crippen LogP) is 1.60. The minimum absolute atomic E-state index is 0.0312. The molecule has 30 heavy (non-hydrogen) atoms. The third kappa shape index (κ3) is 4.93. The standard InChI is InChI=1S/C19H20N4O5S2/c1-3-11-20-30(27,28)13-14-7-9-15(10-8-14)21-18(24)17-16-6-4-5-12-23(16)19(22-17)29(2,25)26/h3-10,12,20H,1,11,13H2,2H3,(H,21,24). The first-order valence-electron chi connectivity index (χ1n) is 8.76. The zero-order valence-electron chi connectivity index (χ0n) is 16.1. The fourth-order valence-electron chi connectivity index (χ4n) is 2.77. The van der Waals surface area contributed by atoms with E-state index in [0.717, 1.165) is 6.26 Å². The van der Waals surface area contributed by atoms with E-state index in [1.165, 1.54) is 16.7 Å². The molecule has 0 fully saturated rings. The molecule has 0 radical (unpaired) electrons. The average Bonchev–Trinajstić information content (AvgIpc) is 3.08. The molecule has 1 amide bonds. The summed E-state index contributed by atoms with van der Waals surface area (Å²) in [6, 6.07) is 11.2. The van der Waals surface area contributed by atoms with Crippen LogP contribution in [0.1, 0.15) is 16.1 Å². The molecule has 0 spiro atoms. The first-order chi connectivity index (χ1) is 14.1. The summed E-state index contributed by atoms with van der Waals surface area (Å²) in [4.78, 5) is 16.7. The van der Waals surface area contributed by atoms with E-state index in [0.29, 0.717) is 16.8 Å². The zero-order chi connectivity index (χ0) is 21.9. The van der Waals surface area contributed by atoms with Crippen LogP contribution in [0.15, 0.2) is 66.5 Å². The number of fused-ring (bicyclic) bond motifs is 1. The van der Waals surface area contributed by atoms with Gasteiger partial charge in [-0.3, -0.25) is 9.20 Å². The predicted molar refractivity (Wildman–Crippen MR) is 114 cm³/mol. The molecule has 158 valence electrons. The number of carbonyl (C=O) groups is 1. The van der Waals surface area contributed by atoms with E-state index in [-0.39, 0.29) is 23.1 Å². The highest BCUT2D eigenvalue weighted by Crippen LogP contribution is 2.19. The second kappa shape index (κ2) is 8.38. The van der Waals surface area contributed by atoms with Gasteiger partial charge < -0.3 is 5.32 Å². The number of sulfone groups is 1. The number of imidazole rings is 1. The molecule has 0 unspecified atom stereocenters. The zero-order valence-corrected chi connectivity index (χ0v) is 17.7. The molecule has 0 saturated heterocycles. The van der Waals surface area contributed by atoms with Gasteiger partial charge in [-0.05, 0) is 29.8 Å². The first kappa shape index (κ1) is 21.7. The highest BCUT2D eigenvalue weighted by atomic mass is 32.2. The van der Waals surface area contributed by atoms with Crippen molar-refractivity contribution in [3.8, 4) is 0 Å². The van der Waals surface area contributed by atoms with Gasteiger partial charge in [-0.2, -0.15) is 0 Å². The number of pyridine rings is 1. The van der Waals surface area contributed by atoms with Crippen LogP contribution in [0.5, 0.6) is 0 Å². The van der Waals surface area contributed by atoms with Crippen LogP contribution in [0.2, 0.25) is 0 Å². The quantitative estimate of drug-likeness (QED) is 0.504. The molecule has 2 aromatic heterocycles. The molecule has 0 aliphatic carbocycles. The van der Waals surface area contributed by atoms with Crippen LogP contribution < -0.4 is 10.0 Å². The van der Waals surface area contributed by atoms with Gasteiger partial charge in [-0.25, -0.2) is 26.5 Å². The number of hydrogen-bond acceptors (Lipinski definition) is 6. The van der Waals surface area contributed by atoms with E-state index in [4.69, 9.17) is 0 Å². The van der Waals surface area contributed by atoms with Crippen molar-refractivity contribution >= 4 is 37.0 Å². The number of nitrogens with zero attached hydrogens (tertiary/aromatic N) is 2. The Hall–Kier alpha value is -3.02. The Morgan fingerprint density at radius 2 is 1.83 bits per heavy atom. The fourth-order valence-corrected chi connectivity index (χ4v) is 4.65. The molecule has 0 aliphatic heterocycles. The number of rotatable bonds is 8. The molecule has 11 heteroatoms. The summed E-state index contributed by atoms with van der Waals surface area (Å²) in [5, 5.41) is 2.43. The van der Waals surface area contributed by atoms with E-state index < -0.39 is 25.8 Å². The topological polar surface area (TPSA) is 127 Å². The van der Waals surface area contributed by atoms with Gasteiger partial charge in [0.1, 0.15) is 0 Å². The molecule has 2 heterocycles. The van der Waals surface area contributed by atoms with Crippen LogP contribution in [0.25, 0.3) is 5.52 Å². The Morgan fingerprint density at radius 1 is 1.13 bits per heavy atom. The van der Waals surface area contributed by atoms with Crippen LogP contribution in [0.3, 0.4) is 0 Å². The normalized spacial score (nSPS) is 12.0. The van der Waals surface area contributed by atoms with Crippen LogP contribution in [0, 0.1) is 0 Å². The second-order valence-corrected chi connectivity index (χ2v) is 10.2. The maximum absolute atomic E-state index is 12.7. The number of hydrogen-bond donors (Lipinski definition) is 2. The number of benzene rings is 1. The highest BCUT2D eigenvalue weighted by molar-refractivity contribution is 7.90. The Morgan fingerprint density at radius 3 is 2.47 bits per heavy atom. The smallest absolute Gasteiger partial charge is 0.276 e. The van der Waals surface area contributed by atoms with Crippen LogP contribution in [-0.4, -0.2) is 44.9 Å². The Balaban J connectivity index is 1.81. The van der Waals surface area contributed by atoms with E-state index in [2.05, 4.69) is 21.6 Å². The lowest BCUT2D eigenvalue weighted by atomic mass is 10.2. The summed E-state index contributed by atoms with van der Waals surface area (Å²) in [6.07, 6.45) is 3.99. The van der Waals surface area contributed by atoms with Gasteiger partial charge in [-0.1, -0.05) is 24.3 Å². The Kier molecular flexibility index (Phi) is 6.06. The van der Waals surface area contributed by atoms with Crippen molar-refractivity contribution in [3.63, 3.8) is 0 Å². The number of amides is 1. The van der Waals surface area contributed by atoms with Crippen molar-refractivity contribution in [1.29, 1.82) is 0 Å². The van der Waals surface area contributed by atoms with Crippen molar-refractivity contribution in [1.82, 2.24) is 14.1 Å². The molecule has 3 rings (SSSR count). The molecule has 1 aromatic carbocycles. The SMILES string of the molecule is C=CCNS(=O)(=O)Cc1ccc(NC(=O)c2nc(S(C)(=O)=O)n3ccccc23)cc1. The summed E-state index contributed by atoms with van der Waals surface area (Å²) in [5.41, 5.74) is 1.28. The van der Waals surface area contributed by atoms with Gasteiger partial charge in [0.25, 0.3) is 5.91 Å². The largest absolute Gasteiger partial charge is 0.321 e. The van der Waals surface area contributed by atoms with E-state index in [1.54, 1.807) is 42.5 Å². The Labute approximate surface area is 174 Å². The van der Waals surface area contributed by atoms with E-state index in [1.807, 2.05) is 0 Å². The molecular formula is C19H20N4O5S2. The fraction of sp³-hybridized carbons (Fsp3) is 0.158. The van der Waals surface area contributed by atoms with Crippen molar-refractivity contribution < 1.29 is 21.6 Å². The second-order valence-electron chi connectivity index (χ2n) is 6.52. The lowest BCUT2D eigenvalue weighted by Crippen LogP contribution is -2.25. The molecular weight excluding hydrogens is 428 g/mol. The summed E-state index contributed by atoms with van der Waals surface area (Å²) >= 11 is 0. The number of carbonyl (C=O) groups excluding carboxylic acids is 1. The van der Waals surface area contributed by atoms with Crippen molar-refractivity contribution in [2.24, 2.45) is 0 Å². The van der Waals surface area contributed by atoms with Gasteiger partial charge in [-0.15, -0.1) is 6.58 Å². The molecule has 9 nitrogen and oxygen atoms in total. The summed E-state index contributed by atoms with van der Waals surface area (Å²) < 4.78 is 51.5. The molecule has 2 N–H and O–H groups in total. The van der Waals surface area contributed by atoms with Gasteiger partial charge in [0.15, 0.2) is 5.69 Å². The first-order valence-corrected chi connectivity index (χ1v) is 12.3. The van der Waals surface area contributed by atoms with Crippen molar-refractivity contribution in [2.75, 3.05) is 18.1 Å². The molecule has 0 bridgehead atoms. The molecule has 3 aromatic rings. The minimum Gasteiger partial charge on any atom is -0.321 e. The molecule has 0 saturated carbocycles. The number of nitrogens with one attached hydrogen (secondary N) is 2. The monoisotopic (exact) mass is 448 g/mol. The van der Waals surface area contributed by atoms with Gasteiger partial charge in [0.2, 0.25) is 25.0 Å². The van der Waals surface area contributed by atoms with E-state index >= 15 is 0 Å². The van der Waals surface area contributed by atoms with Gasteiger partial charge in [0.05, 0.1) is 11.3 Å². The Bertz CT molecular complexity index is 1310. The minimum atomic E-state index is -3.64. The van der Waals surface area contributed by atoms with Crippen LogP contribution >= 0.6 is 0 Å². The lowest BCUT2D eigenvalue weighted by molar-refractivity contribution is 0.102. The van der Waals surface area contributed by atoms with E-state index in [9.17, 15) is 21.6 Å². The number of anilines is 1. The van der Waals surface area contributed by atoms with Crippen LogP contribution in [0.4, 0.5) is 5.69 Å².